The molecule has 1 aromatic rings. The Hall–Kier alpha value is 0.202. The Morgan fingerprint density at radius 3 is 2.22 bits per heavy atom. The fourth-order valence-electron chi connectivity index (χ4n) is 2.99. The van der Waals surface area contributed by atoms with E-state index in [0.717, 1.165) is 12.7 Å². The summed E-state index contributed by atoms with van der Waals surface area (Å²) in [7, 11) is -1.57. The summed E-state index contributed by atoms with van der Waals surface area (Å²) in [6.45, 7) is 9.76. The van der Waals surface area contributed by atoms with Gasteiger partial charge in [-0.1, -0.05) is 68.8 Å². The van der Waals surface area contributed by atoms with Gasteiger partial charge in [0.15, 0.2) is 0 Å². The number of rotatable bonds is 3. The van der Waals surface area contributed by atoms with Gasteiger partial charge in [0.05, 0.1) is 0 Å². The van der Waals surface area contributed by atoms with Gasteiger partial charge in [-0.3, -0.25) is 0 Å². The molecule has 0 aromatic heterocycles. The van der Waals surface area contributed by atoms with Crippen LogP contribution in [0.15, 0.2) is 35.8 Å². The van der Waals surface area contributed by atoms with Crippen molar-refractivity contribution in [1.82, 2.24) is 0 Å². The second-order valence-electron chi connectivity index (χ2n) is 5.23. The Bertz CT molecular complexity index is 431. The molecule has 0 bridgehead atoms. The molecule has 0 radical (unpaired) electrons. The Kier molecular flexibility index (Phi) is 5.94. The Labute approximate surface area is 135 Å². The van der Waals surface area contributed by atoms with E-state index in [4.69, 9.17) is 4.89 Å². The summed E-state index contributed by atoms with van der Waals surface area (Å²) < 4.78 is 0. The molecule has 1 aromatic carbocycles. The molecule has 0 unspecified atom stereocenters. The zero-order valence-electron chi connectivity index (χ0n) is 12.3. The second-order valence-corrected chi connectivity index (χ2v) is 9.11. The first kappa shape index (κ1) is 16.3. The summed E-state index contributed by atoms with van der Waals surface area (Å²) in [5.41, 5.74) is 3.00. The van der Waals surface area contributed by atoms with Gasteiger partial charge in [-0.15, -0.1) is 5.47 Å². The van der Waals surface area contributed by atoms with Crippen LogP contribution in [-0.4, -0.2) is 15.1 Å². The predicted molar refractivity (Wildman–Crippen MR) is 80.7 cm³/mol. The summed E-state index contributed by atoms with van der Waals surface area (Å²) in [6.07, 6.45) is 2.29. The van der Waals surface area contributed by atoms with Crippen molar-refractivity contribution in [3.63, 3.8) is 0 Å². The summed E-state index contributed by atoms with van der Waals surface area (Å²) >= 11 is 0. The average Bonchev–Trinajstić information content (AvgIpc) is 2.60. The maximum Gasteiger partial charge on any atom is 1.00 e. The van der Waals surface area contributed by atoms with Crippen LogP contribution in [0.5, 0.6) is 0 Å². The zero-order chi connectivity index (χ0) is 12.5. The maximum atomic E-state index is 5.11. The number of hydrogen-bond donors (Lipinski definition) is 0. The number of benzene rings is 1. The molecular formula is C14H21BNNaSi. The number of nitrogens with zero attached hydrogens (tertiary/aromatic N) is 1. The molecule has 0 saturated heterocycles. The van der Waals surface area contributed by atoms with Crippen molar-refractivity contribution in [3.05, 3.63) is 46.3 Å². The van der Waals surface area contributed by atoms with Gasteiger partial charge < -0.3 is 4.89 Å². The second kappa shape index (κ2) is 6.58. The smallest absolute Gasteiger partial charge is 0.681 e. The van der Waals surface area contributed by atoms with E-state index >= 15 is 0 Å². The summed E-state index contributed by atoms with van der Waals surface area (Å²) in [5, 5.41) is 1.59. The fraction of sp³-hybridized carbons (Fsp3) is 0.429. The van der Waals surface area contributed by atoms with E-state index in [0.29, 0.717) is 6.85 Å². The molecule has 1 heterocycles. The normalized spacial score (nSPS) is 17.9. The maximum absolute atomic E-state index is 5.11. The summed E-state index contributed by atoms with van der Waals surface area (Å²) in [4.78, 5) is 5.11. The monoisotopic (exact) mass is 265 g/mol. The minimum atomic E-state index is -1.57. The van der Waals surface area contributed by atoms with E-state index in [1.54, 1.807) is 10.7 Å². The van der Waals surface area contributed by atoms with Crippen molar-refractivity contribution in [1.29, 1.82) is 0 Å². The third kappa shape index (κ3) is 3.02. The van der Waals surface area contributed by atoms with Gasteiger partial charge in [0, 0.05) is 6.85 Å². The van der Waals surface area contributed by atoms with E-state index in [1.807, 2.05) is 0 Å². The molecular weight excluding hydrogens is 244 g/mol. The zero-order valence-corrected chi connectivity index (χ0v) is 15.3. The van der Waals surface area contributed by atoms with E-state index in [-0.39, 0.29) is 29.6 Å². The number of hydrogen-bond acceptors (Lipinski definition) is 0. The van der Waals surface area contributed by atoms with Crippen molar-refractivity contribution in [2.45, 2.75) is 39.7 Å². The molecule has 4 heteroatoms. The van der Waals surface area contributed by atoms with E-state index in [9.17, 15) is 0 Å². The Morgan fingerprint density at radius 1 is 1.11 bits per heavy atom. The van der Waals surface area contributed by atoms with Crippen LogP contribution in [-0.2, 0) is 0 Å². The van der Waals surface area contributed by atoms with Crippen LogP contribution in [0.1, 0.15) is 25.8 Å². The third-order valence-electron chi connectivity index (χ3n) is 3.64. The molecule has 0 aliphatic carbocycles. The van der Waals surface area contributed by atoms with Crippen LogP contribution < -0.4 is 29.6 Å². The molecule has 2 rings (SSSR count). The van der Waals surface area contributed by atoms with Gasteiger partial charge in [-0.25, -0.2) is 0 Å². The molecule has 0 fully saturated rings. The van der Waals surface area contributed by atoms with Gasteiger partial charge >= 0.3 is 29.6 Å². The topological polar surface area (TPSA) is 14.1 Å². The third-order valence-corrected chi connectivity index (χ3v) is 6.43. The molecule has 0 saturated carbocycles. The predicted octanol–water partition coefficient (Wildman–Crippen LogP) is 1.54. The van der Waals surface area contributed by atoms with Gasteiger partial charge in [-0.05, 0) is 20.2 Å². The van der Waals surface area contributed by atoms with Gasteiger partial charge in [0.25, 0.3) is 0 Å². The average molecular weight is 265 g/mol. The quantitative estimate of drug-likeness (QED) is 0.736. The minimum absolute atomic E-state index is 0. The van der Waals surface area contributed by atoms with Crippen molar-refractivity contribution >= 4 is 20.3 Å². The number of allylic oxidation sites excluding steroid dienone is 1. The largest absolute Gasteiger partial charge is 1.00 e. The molecule has 0 spiro atoms. The molecule has 90 valence electrons. The van der Waals surface area contributed by atoms with E-state index < -0.39 is 8.24 Å². The standard InChI is InChI=1S/C14H21BNSi.Na/c1-5-13-14(12-10-8-7-9-11-12)17(3,4)16-15(13)6-2;/h7-11H,5-6H2,1-4H3;/q-1;+1. The summed E-state index contributed by atoms with van der Waals surface area (Å²) in [6, 6.07) is 10.9. The Balaban J connectivity index is 0.00000162. The van der Waals surface area contributed by atoms with Crippen molar-refractivity contribution in [2.24, 2.45) is 0 Å². The van der Waals surface area contributed by atoms with Crippen LogP contribution in [0.3, 0.4) is 0 Å². The molecule has 1 aliphatic rings. The van der Waals surface area contributed by atoms with E-state index in [1.165, 1.54) is 5.56 Å². The first-order valence-electron chi connectivity index (χ1n) is 6.61. The molecule has 1 aliphatic heterocycles. The van der Waals surface area contributed by atoms with Crippen LogP contribution in [0, 0.1) is 0 Å². The van der Waals surface area contributed by atoms with E-state index in [2.05, 4.69) is 57.3 Å². The summed E-state index contributed by atoms with van der Waals surface area (Å²) in [5.74, 6) is 0. The van der Waals surface area contributed by atoms with Crippen molar-refractivity contribution in [3.8, 4) is 0 Å². The van der Waals surface area contributed by atoms with Crippen LogP contribution in [0.2, 0.25) is 19.4 Å². The van der Waals surface area contributed by atoms with Gasteiger partial charge in [0.2, 0.25) is 0 Å². The van der Waals surface area contributed by atoms with Crippen LogP contribution in [0.25, 0.3) is 10.1 Å². The minimum Gasteiger partial charge on any atom is -0.681 e. The van der Waals surface area contributed by atoms with Crippen molar-refractivity contribution < 1.29 is 29.6 Å². The Morgan fingerprint density at radius 2 is 1.72 bits per heavy atom. The molecule has 0 N–H and O–H groups in total. The molecule has 0 amide bonds. The van der Waals surface area contributed by atoms with Gasteiger partial charge in [-0.2, -0.15) is 0 Å². The molecule has 0 atom stereocenters. The van der Waals surface area contributed by atoms with Crippen LogP contribution in [0.4, 0.5) is 0 Å². The first-order chi connectivity index (χ1) is 8.10. The van der Waals surface area contributed by atoms with Gasteiger partial charge in [0.1, 0.15) is 0 Å². The SMILES string of the molecule is CCB1[N-][Si](C)(C)C(c2ccccc2)=C1CC.[Na+]. The van der Waals surface area contributed by atoms with Crippen LogP contribution >= 0.6 is 0 Å². The fourth-order valence-corrected chi connectivity index (χ4v) is 6.23. The molecule has 18 heavy (non-hydrogen) atoms. The first-order valence-corrected chi connectivity index (χ1v) is 9.55. The van der Waals surface area contributed by atoms with Crippen molar-refractivity contribution in [2.75, 3.05) is 0 Å². The molecule has 1 nitrogen and oxygen atoms in total.